The molecule has 156 valence electrons. The number of amides is 1. The summed E-state index contributed by atoms with van der Waals surface area (Å²) in [6, 6.07) is 19.5. The molecule has 0 spiro atoms. The number of nitrogens with zero attached hydrogens (tertiary/aromatic N) is 2. The van der Waals surface area contributed by atoms with E-state index >= 15 is 0 Å². The van der Waals surface area contributed by atoms with Gasteiger partial charge in [-0.15, -0.1) is 0 Å². The zero-order valence-corrected chi connectivity index (χ0v) is 18.2. The maximum absolute atomic E-state index is 13.1. The van der Waals surface area contributed by atoms with Crippen LogP contribution < -0.4 is 0 Å². The molecule has 0 N–H and O–H groups in total. The third kappa shape index (κ3) is 3.98. The zero-order chi connectivity index (χ0) is 21.3. The smallest absolute Gasteiger partial charge is 0.243 e. The van der Waals surface area contributed by atoms with E-state index in [2.05, 4.69) is 0 Å². The van der Waals surface area contributed by atoms with Gasteiger partial charge in [-0.25, -0.2) is 8.42 Å². The lowest BCUT2D eigenvalue weighted by atomic mass is 10.0. The number of piperazine rings is 1. The molecule has 0 atom stereocenters. The molecular formula is C24H26N2O3S. The van der Waals surface area contributed by atoms with Crippen LogP contribution in [0, 0.1) is 13.8 Å². The SMILES string of the molecule is Cc1ccc(C)c(S(=O)(=O)N2CCN(C(=O)Cc3cccc4ccccc34)CC2)c1. The summed E-state index contributed by atoms with van der Waals surface area (Å²) < 4.78 is 27.7. The summed E-state index contributed by atoms with van der Waals surface area (Å²) in [4.78, 5) is 15.0. The minimum Gasteiger partial charge on any atom is -0.340 e. The molecule has 3 aromatic rings. The van der Waals surface area contributed by atoms with Crippen LogP contribution in [-0.2, 0) is 21.2 Å². The van der Waals surface area contributed by atoms with Crippen LogP contribution in [0.4, 0.5) is 0 Å². The number of fused-ring (bicyclic) bond motifs is 1. The fourth-order valence-electron chi connectivity index (χ4n) is 4.02. The summed E-state index contributed by atoms with van der Waals surface area (Å²) in [6.07, 6.45) is 0.324. The van der Waals surface area contributed by atoms with Gasteiger partial charge in [0.05, 0.1) is 11.3 Å². The molecule has 0 saturated carbocycles. The maximum Gasteiger partial charge on any atom is 0.243 e. The fraction of sp³-hybridized carbons (Fsp3) is 0.292. The molecule has 0 aliphatic carbocycles. The Labute approximate surface area is 178 Å². The number of benzene rings is 3. The van der Waals surface area contributed by atoms with Crippen molar-refractivity contribution >= 4 is 26.7 Å². The summed E-state index contributed by atoms with van der Waals surface area (Å²) >= 11 is 0. The molecule has 0 aromatic heterocycles. The summed E-state index contributed by atoms with van der Waals surface area (Å²) in [5.41, 5.74) is 2.67. The highest BCUT2D eigenvalue weighted by molar-refractivity contribution is 7.89. The molecule has 6 heteroatoms. The molecule has 0 unspecified atom stereocenters. The summed E-state index contributed by atoms with van der Waals surface area (Å²) in [5, 5.41) is 2.21. The molecule has 1 amide bonds. The van der Waals surface area contributed by atoms with Crippen LogP contribution in [0.1, 0.15) is 16.7 Å². The van der Waals surface area contributed by atoms with Crippen LogP contribution in [0.25, 0.3) is 10.8 Å². The van der Waals surface area contributed by atoms with E-state index in [1.54, 1.807) is 11.0 Å². The van der Waals surface area contributed by atoms with Gasteiger partial charge in [-0.3, -0.25) is 4.79 Å². The molecule has 3 aromatic carbocycles. The molecular weight excluding hydrogens is 396 g/mol. The Kier molecular flexibility index (Phi) is 5.62. The zero-order valence-electron chi connectivity index (χ0n) is 17.3. The van der Waals surface area contributed by atoms with Crippen molar-refractivity contribution in [2.45, 2.75) is 25.2 Å². The Balaban J connectivity index is 1.45. The van der Waals surface area contributed by atoms with Gasteiger partial charge in [-0.05, 0) is 47.4 Å². The first-order valence-electron chi connectivity index (χ1n) is 10.2. The minimum atomic E-state index is -3.56. The molecule has 30 heavy (non-hydrogen) atoms. The quantitative estimate of drug-likeness (QED) is 0.646. The van der Waals surface area contributed by atoms with Crippen LogP contribution in [0.5, 0.6) is 0 Å². The lowest BCUT2D eigenvalue weighted by Gasteiger charge is -2.34. The molecule has 1 heterocycles. The van der Waals surface area contributed by atoms with Gasteiger partial charge in [0.1, 0.15) is 0 Å². The highest BCUT2D eigenvalue weighted by atomic mass is 32.2. The Morgan fingerprint density at radius 1 is 0.900 bits per heavy atom. The van der Waals surface area contributed by atoms with E-state index in [-0.39, 0.29) is 5.91 Å². The summed E-state index contributed by atoms with van der Waals surface area (Å²) in [5.74, 6) is 0.0372. The molecule has 1 aliphatic rings. The Hall–Kier alpha value is -2.70. The van der Waals surface area contributed by atoms with Crippen molar-refractivity contribution in [2.75, 3.05) is 26.2 Å². The van der Waals surface area contributed by atoms with Gasteiger partial charge in [0.25, 0.3) is 0 Å². The standard InChI is InChI=1S/C24H26N2O3S/c1-18-10-11-19(2)23(16-18)30(28,29)26-14-12-25(13-15-26)24(27)17-21-8-5-7-20-6-3-4-9-22(20)21/h3-11,16H,12-15,17H2,1-2H3. The molecule has 1 fully saturated rings. The van der Waals surface area contributed by atoms with E-state index in [0.29, 0.717) is 37.5 Å². The van der Waals surface area contributed by atoms with Gasteiger partial charge in [-0.2, -0.15) is 4.31 Å². The van der Waals surface area contributed by atoms with E-state index in [4.69, 9.17) is 0 Å². The average molecular weight is 423 g/mol. The number of rotatable bonds is 4. The number of carbonyl (C=O) groups is 1. The minimum absolute atomic E-state index is 0.0372. The van der Waals surface area contributed by atoms with Crippen molar-refractivity contribution in [1.82, 2.24) is 9.21 Å². The largest absolute Gasteiger partial charge is 0.340 e. The van der Waals surface area contributed by atoms with Crippen molar-refractivity contribution in [3.05, 3.63) is 77.4 Å². The van der Waals surface area contributed by atoms with Crippen LogP contribution in [0.15, 0.2) is 65.6 Å². The lowest BCUT2D eigenvalue weighted by Crippen LogP contribution is -2.51. The molecule has 4 rings (SSSR count). The van der Waals surface area contributed by atoms with Crippen LogP contribution in [0.2, 0.25) is 0 Å². The van der Waals surface area contributed by atoms with Gasteiger partial charge in [0.2, 0.25) is 15.9 Å². The number of sulfonamides is 1. The van der Waals surface area contributed by atoms with Gasteiger partial charge >= 0.3 is 0 Å². The van der Waals surface area contributed by atoms with E-state index < -0.39 is 10.0 Å². The maximum atomic E-state index is 13.1. The monoisotopic (exact) mass is 422 g/mol. The average Bonchev–Trinajstić information content (AvgIpc) is 2.75. The highest BCUT2D eigenvalue weighted by Crippen LogP contribution is 2.23. The van der Waals surface area contributed by atoms with E-state index in [0.717, 1.165) is 27.5 Å². The normalized spacial score (nSPS) is 15.5. The molecule has 0 bridgehead atoms. The summed E-state index contributed by atoms with van der Waals surface area (Å²) in [6.45, 7) is 5.16. The third-order valence-corrected chi connectivity index (χ3v) is 7.82. The predicted octanol–water partition coefficient (Wildman–Crippen LogP) is 3.53. The second kappa shape index (κ2) is 8.20. The molecule has 5 nitrogen and oxygen atoms in total. The topological polar surface area (TPSA) is 57.7 Å². The van der Waals surface area contributed by atoms with Crippen molar-refractivity contribution < 1.29 is 13.2 Å². The van der Waals surface area contributed by atoms with Crippen molar-refractivity contribution in [3.8, 4) is 0 Å². The first-order valence-corrected chi connectivity index (χ1v) is 11.6. The Morgan fingerprint density at radius 2 is 1.60 bits per heavy atom. The number of aryl methyl sites for hydroxylation is 2. The molecule has 1 saturated heterocycles. The molecule has 1 aliphatic heterocycles. The third-order valence-electron chi connectivity index (χ3n) is 5.77. The van der Waals surface area contributed by atoms with E-state index in [9.17, 15) is 13.2 Å². The van der Waals surface area contributed by atoms with Crippen molar-refractivity contribution in [3.63, 3.8) is 0 Å². The fourth-order valence-corrected chi connectivity index (χ4v) is 5.76. The van der Waals surface area contributed by atoms with Gasteiger partial charge in [0, 0.05) is 26.2 Å². The van der Waals surface area contributed by atoms with Gasteiger partial charge in [0.15, 0.2) is 0 Å². The second-order valence-electron chi connectivity index (χ2n) is 7.87. The predicted molar refractivity (Wildman–Crippen MR) is 119 cm³/mol. The highest BCUT2D eigenvalue weighted by Gasteiger charge is 2.31. The summed E-state index contributed by atoms with van der Waals surface area (Å²) in [7, 11) is -3.56. The van der Waals surface area contributed by atoms with Crippen molar-refractivity contribution in [1.29, 1.82) is 0 Å². The number of hydrogen-bond donors (Lipinski definition) is 0. The Bertz CT molecular complexity index is 1190. The van der Waals surface area contributed by atoms with Gasteiger partial charge < -0.3 is 4.90 Å². The van der Waals surface area contributed by atoms with Crippen LogP contribution >= 0.6 is 0 Å². The van der Waals surface area contributed by atoms with Crippen LogP contribution in [0.3, 0.4) is 0 Å². The molecule has 0 radical (unpaired) electrons. The van der Waals surface area contributed by atoms with Crippen molar-refractivity contribution in [2.24, 2.45) is 0 Å². The second-order valence-corrected chi connectivity index (χ2v) is 9.78. The van der Waals surface area contributed by atoms with E-state index in [1.807, 2.05) is 68.4 Å². The van der Waals surface area contributed by atoms with Gasteiger partial charge in [-0.1, -0.05) is 54.6 Å². The first-order chi connectivity index (χ1) is 14.4. The lowest BCUT2D eigenvalue weighted by molar-refractivity contribution is -0.131. The van der Waals surface area contributed by atoms with Crippen LogP contribution in [-0.4, -0.2) is 49.7 Å². The first kappa shape index (κ1) is 20.6. The number of carbonyl (C=O) groups excluding carboxylic acids is 1. The van der Waals surface area contributed by atoms with E-state index in [1.165, 1.54) is 4.31 Å². The number of hydrogen-bond acceptors (Lipinski definition) is 3. The Morgan fingerprint density at radius 3 is 2.37 bits per heavy atom.